The van der Waals surface area contributed by atoms with Crippen LogP contribution in [0.1, 0.15) is 19.7 Å². The molecule has 5 heteroatoms. The van der Waals surface area contributed by atoms with Gasteiger partial charge in [-0.25, -0.2) is 4.98 Å². The third kappa shape index (κ3) is 2.38. The van der Waals surface area contributed by atoms with Crippen molar-refractivity contribution in [2.24, 2.45) is 0 Å². The van der Waals surface area contributed by atoms with Gasteiger partial charge in [-0.15, -0.1) is 0 Å². The van der Waals surface area contributed by atoms with E-state index in [1.165, 1.54) is 0 Å². The number of carbonyl (C=O) groups is 1. The average molecular weight is 234 g/mol. The van der Waals surface area contributed by atoms with Crippen molar-refractivity contribution in [3.63, 3.8) is 0 Å². The van der Waals surface area contributed by atoms with Crippen LogP contribution in [0, 0.1) is 0 Å². The summed E-state index contributed by atoms with van der Waals surface area (Å²) >= 11 is 0. The first-order valence-electron chi connectivity index (χ1n) is 5.49. The molecule has 2 N–H and O–H groups in total. The molecule has 0 radical (unpaired) electrons. The molecule has 90 valence electrons. The summed E-state index contributed by atoms with van der Waals surface area (Å²) in [6.45, 7) is 3.56. The second kappa shape index (κ2) is 4.45. The largest absolute Gasteiger partial charge is 0.480 e. The van der Waals surface area contributed by atoms with Gasteiger partial charge in [0, 0.05) is 12.1 Å². The lowest BCUT2D eigenvalue weighted by Gasteiger charge is -2.09. The lowest BCUT2D eigenvalue weighted by atomic mass is 10.2. The number of fused-ring (bicyclic) bond motifs is 1. The van der Waals surface area contributed by atoms with Crippen LogP contribution in [0.4, 0.5) is 5.69 Å². The van der Waals surface area contributed by atoms with Gasteiger partial charge in [-0.2, -0.15) is 0 Å². The summed E-state index contributed by atoms with van der Waals surface area (Å²) in [5.41, 5.74) is 2.18. The quantitative estimate of drug-likeness (QED) is 0.848. The molecular formula is C12H14N2O3. The Morgan fingerprint density at radius 1 is 1.59 bits per heavy atom. The Bertz CT molecular complexity index is 548. The van der Waals surface area contributed by atoms with Crippen LogP contribution >= 0.6 is 0 Å². The Morgan fingerprint density at radius 2 is 2.35 bits per heavy atom. The molecule has 0 aliphatic carbocycles. The summed E-state index contributed by atoms with van der Waals surface area (Å²) in [4.78, 5) is 15.0. The molecule has 1 aromatic carbocycles. The van der Waals surface area contributed by atoms with E-state index in [1.54, 1.807) is 25.1 Å². The number of aliphatic carboxylic acids is 1. The maximum atomic E-state index is 10.7. The van der Waals surface area contributed by atoms with E-state index in [4.69, 9.17) is 9.52 Å². The SMILES string of the molecule is CCc1nc2cc(NC(C)C(=O)O)ccc2o1. The number of carboxylic acid groups (broad SMARTS) is 1. The fraction of sp³-hybridized carbons (Fsp3) is 0.333. The van der Waals surface area contributed by atoms with Gasteiger partial charge in [0.15, 0.2) is 11.5 Å². The average Bonchev–Trinajstić information content (AvgIpc) is 2.70. The molecule has 1 atom stereocenters. The molecule has 0 spiro atoms. The molecule has 1 unspecified atom stereocenters. The van der Waals surface area contributed by atoms with Crippen molar-refractivity contribution in [2.45, 2.75) is 26.3 Å². The zero-order valence-corrected chi connectivity index (χ0v) is 9.73. The van der Waals surface area contributed by atoms with Crippen LogP contribution in [0.25, 0.3) is 11.1 Å². The van der Waals surface area contributed by atoms with Crippen LogP contribution in [-0.4, -0.2) is 22.1 Å². The summed E-state index contributed by atoms with van der Waals surface area (Å²) in [5.74, 6) is -0.206. The Kier molecular flexibility index (Phi) is 2.99. The minimum absolute atomic E-state index is 0.634. The van der Waals surface area contributed by atoms with Crippen molar-refractivity contribution in [1.82, 2.24) is 4.98 Å². The van der Waals surface area contributed by atoms with Crippen molar-refractivity contribution in [2.75, 3.05) is 5.32 Å². The molecule has 0 amide bonds. The zero-order chi connectivity index (χ0) is 12.4. The van der Waals surface area contributed by atoms with Crippen molar-refractivity contribution in [1.29, 1.82) is 0 Å². The first-order chi connectivity index (χ1) is 8.10. The van der Waals surface area contributed by atoms with E-state index in [2.05, 4.69) is 10.3 Å². The van der Waals surface area contributed by atoms with Gasteiger partial charge >= 0.3 is 5.97 Å². The lowest BCUT2D eigenvalue weighted by molar-refractivity contribution is -0.137. The van der Waals surface area contributed by atoms with Gasteiger partial charge in [-0.3, -0.25) is 4.79 Å². The Morgan fingerprint density at radius 3 is 3.00 bits per heavy atom. The van der Waals surface area contributed by atoms with Gasteiger partial charge in [0.2, 0.25) is 0 Å². The molecule has 2 aromatic rings. The maximum absolute atomic E-state index is 10.7. The smallest absolute Gasteiger partial charge is 0.325 e. The van der Waals surface area contributed by atoms with Crippen LogP contribution in [0.2, 0.25) is 0 Å². The van der Waals surface area contributed by atoms with Gasteiger partial charge in [0.1, 0.15) is 11.6 Å². The number of rotatable bonds is 4. The molecule has 0 aliphatic heterocycles. The molecule has 1 heterocycles. The first kappa shape index (κ1) is 11.4. The van der Waals surface area contributed by atoms with Gasteiger partial charge in [-0.05, 0) is 25.1 Å². The molecule has 2 rings (SSSR count). The second-order valence-corrected chi connectivity index (χ2v) is 3.85. The standard InChI is InChI=1S/C12H14N2O3/c1-3-11-14-9-6-8(4-5-10(9)17-11)13-7(2)12(15)16/h4-7,13H,3H2,1-2H3,(H,15,16). The molecule has 0 aliphatic rings. The van der Waals surface area contributed by atoms with Crippen molar-refractivity contribution >= 4 is 22.8 Å². The number of anilines is 1. The number of benzene rings is 1. The van der Waals surface area contributed by atoms with E-state index in [-0.39, 0.29) is 0 Å². The highest BCUT2D eigenvalue weighted by Crippen LogP contribution is 2.20. The number of carboxylic acids is 1. The summed E-state index contributed by atoms with van der Waals surface area (Å²) in [5, 5.41) is 11.7. The third-order valence-electron chi connectivity index (χ3n) is 2.49. The second-order valence-electron chi connectivity index (χ2n) is 3.85. The van der Waals surface area contributed by atoms with E-state index in [0.717, 1.165) is 23.2 Å². The fourth-order valence-corrected chi connectivity index (χ4v) is 1.53. The number of nitrogens with zero attached hydrogens (tertiary/aromatic N) is 1. The van der Waals surface area contributed by atoms with E-state index < -0.39 is 12.0 Å². The third-order valence-corrected chi connectivity index (χ3v) is 2.49. The topological polar surface area (TPSA) is 75.4 Å². The predicted octanol–water partition coefficient (Wildman–Crippen LogP) is 2.28. The molecule has 0 saturated carbocycles. The summed E-state index contributed by atoms with van der Waals surface area (Å²) < 4.78 is 5.47. The highest BCUT2D eigenvalue weighted by molar-refractivity contribution is 5.80. The van der Waals surface area contributed by atoms with E-state index in [0.29, 0.717) is 5.89 Å². The van der Waals surface area contributed by atoms with Crippen molar-refractivity contribution in [3.05, 3.63) is 24.1 Å². The molecule has 5 nitrogen and oxygen atoms in total. The minimum atomic E-state index is -0.889. The van der Waals surface area contributed by atoms with Crippen molar-refractivity contribution in [3.8, 4) is 0 Å². The number of aromatic nitrogens is 1. The number of nitrogens with one attached hydrogen (secondary N) is 1. The monoisotopic (exact) mass is 234 g/mol. The van der Waals surface area contributed by atoms with E-state index >= 15 is 0 Å². The Balaban J connectivity index is 2.27. The molecule has 17 heavy (non-hydrogen) atoms. The summed E-state index contributed by atoms with van der Waals surface area (Å²) in [7, 11) is 0. The highest BCUT2D eigenvalue weighted by Gasteiger charge is 2.11. The number of aryl methyl sites for hydroxylation is 1. The molecule has 1 aromatic heterocycles. The Labute approximate surface area is 98.5 Å². The fourth-order valence-electron chi connectivity index (χ4n) is 1.53. The first-order valence-corrected chi connectivity index (χ1v) is 5.49. The van der Waals surface area contributed by atoms with Crippen LogP contribution in [0.15, 0.2) is 22.6 Å². The van der Waals surface area contributed by atoms with Crippen LogP contribution in [0.3, 0.4) is 0 Å². The summed E-state index contributed by atoms with van der Waals surface area (Å²) in [6, 6.07) is 4.73. The molecular weight excluding hydrogens is 220 g/mol. The highest BCUT2D eigenvalue weighted by atomic mass is 16.4. The number of oxazole rings is 1. The number of hydrogen-bond donors (Lipinski definition) is 2. The Hall–Kier alpha value is -2.04. The van der Waals surface area contributed by atoms with E-state index in [9.17, 15) is 4.79 Å². The lowest BCUT2D eigenvalue weighted by Crippen LogP contribution is -2.25. The normalized spacial score (nSPS) is 12.6. The van der Waals surface area contributed by atoms with Gasteiger partial charge in [0.25, 0.3) is 0 Å². The maximum Gasteiger partial charge on any atom is 0.325 e. The van der Waals surface area contributed by atoms with Crippen LogP contribution in [0.5, 0.6) is 0 Å². The van der Waals surface area contributed by atoms with Crippen LogP contribution < -0.4 is 5.32 Å². The predicted molar refractivity (Wildman–Crippen MR) is 64.1 cm³/mol. The van der Waals surface area contributed by atoms with Gasteiger partial charge in [0.05, 0.1) is 0 Å². The van der Waals surface area contributed by atoms with Crippen molar-refractivity contribution < 1.29 is 14.3 Å². The molecule has 0 saturated heterocycles. The van der Waals surface area contributed by atoms with Gasteiger partial charge < -0.3 is 14.8 Å². The van der Waals surface area contributed by atoms with E-state index in [1.807, 2.05) is 6.92 Å². The van der Waals surface area contributed by atoms with Gasteiger partial charge in [-0.1, -0.05) is 6.92 Å². The number of hydrogen-bond acceptors (Lipinski definition) is 4. The minimum Gasteiger partial charge on any atom is -0.480 e. The zero-order valence-electron chi connectivity index (χ0n) is 9.73. The molecule has 0 bridgehead atoms. The summed E-state index contributed by atoms with van der Waals surface area (Å²) in [6.07, 6.45) is 0.739. The van der Waals surface area contributed by atoms with Crippen LogP contribution in [-0.2, 0) is 11.2 Å². The molecule has 0 fully saturated rings.